The number of fused-ring (bicyclic) bond motifs is 12. The van der Waals surface area contributed by atoms with Crippen LogP contribution in [0.5, 0.6) is 0 Å². The summed E-state index contributed by atoms with van der Waals surface area (Å²) in [5.74, 6) is 0. The van der Waals surface area contributed by atoms with Crippen molar-refractivity contribution in [1.29, 1.82) is 0 Å². The summed E-state index contributed by atoms with van der Waals surface area (Å²) in [5, 5.41) is 4.83. The van der Waals surface area contributed by atoms with E-state index in [1.54, 1.807) is 0 Å². The highest BCUT2D eigenvalue weighted by Gasteiger charge is 2.41. The first-order chi connectivity index (χ1) is 29.5. The van der Waals surface area contributed by atoms with E-state index >= 15 is 0 Å². The molecule has 0 N–H and O–H groups in total. The largest absolute Gasteiger partial charge is 0.454 e. The van der Waals surface area contributed by atoms with Gasteiger partial charge in [0, 0.05) is 49.7 Å². The van der Waals surface area contributed by atoms with Crippen molar-refractivity contribution in [3.8, 4) is 39.1 Å². The summed E-state index contributed by atoms with van der Waals surface area (Å²) < 4.78 is 9.45. The zero-order valence-electron chi connectivity index (χ0n) is 33.4. The molecular weight excluding hydrogens is 729 g/mol. The Balaban J connectivity index is 1.08. The molecule has 0 amide bonds. The summed E-state index contributed by atoms with van der Waals surface area (Å²) in [7, 11) is 0. The molecule has 60 heavy (non-hydrogen) atoms. The summed E-state index contributed by atoms with van der Waals surface area (Å²) in [6.07, 6.45) is 0. The maximum atomic E-state index is 7.01. The number of furan rings is 1. The third-order valence-corrected chi connectivity index (χ3v) is 12.7. The van der Waals surface area contributed by atoms with Crippen molar-refractivity contribution < 1.29 is 4.42 Å². The van der Waals surface area contributed by atoms with E-state index in [2.05, 4.69) is 230 Å². The Morgan fingerprint density at radius 1 is 0.467 bits per heavy atom. The van der Waals surface area contributed by atoms with Crippen molar-refractivity contribution in [2.24, 2.45) is 0 Å². The van der Waals surface area contributed by atoms with Crippen LogP contribution in [0, 0.1) is 0 Å². The summed E-state index contributed by atoms with van der Waals surface area (Å²) >= 11 is 0. The maximum absolute atomic E-state index is 7.01. The van der Waals surface area contributed by atoms with E-state index in [4.69, 9.17) is 4.42 Å². The van der Waals surface area contributed by atoms with Crippen LogP contribution in [-0.4, -0.2) is 4.57 Å². The molecule has 0 saturated heterocycles. The fourth-order valence-electron chi connectivity index (χ4n) is 10.0. The van der Waals surface area contributed by atoms with Gasteiger partial charge in [-0.1, -0.05) is 159 Å². The lowest BCUT2D eigenvalue weighted by Crippen LogP contribution is -2.15. The van der Waals surface area contributed by atoms with Gasteiger partial charge in [0.25, 0.3) is 0 Å². The molecule has 0 radical (unpaired) electrons. The molecule has 11 aromatic rings. The van der Waals surface area contributed by atoms with Gasteiger partial charge in [0.05, 0.1) is 11.0 Å². The van der Waals surface area contributed by atoms with Crippen molar-refractivity contribution in [3.63, 3.8) is 0 Å². The normalized spacial score (nSPS) is 13.0. The molecule has 0 aliphatic heterocycles. The second kappa shape index (κ2) is 13.2. The van der Waals surface area contributed by atoms with Crippen LogP contribution in [0.3, 0.4) is 0 Å². The van der Waals surface area contributed by atoms with E-state index in [9.17, 15) is 0 Å². The molecule has 0 saturated carbocycles. The minimum atomic E-state index is -0.212. The zero-order chi connectivity index (χ0) is 40.0. The standard InChI is InChI=1S/C57H40N2O/c1-57(2)48-25-12-9-22-45(48)51-52-46-23-10-13-26-49(46)59(55(52)56-53(54(51)57)47-24-11-14-27-50(47)60-56)43-34-32-42(33-35-43)58(41-30-28-39(29-31-41)37-16-5-3-6-17-37)44-21-15-20-40(36-44)38-18-7-4-8-19-38/h3-36H,1-2H3. The Labute approximate surface area is 349 Å². The molecule has 0 fully saturated rings. The Hall–Kier alpha value is -7.62. The summed E-state index contributed by atoms with van der Waals surface area (Å²) in [4.78, 5) is 2.36. The van der Waals surface area contributed by atoms with Gasteiger partial charge in [-0.15, -0.1) is 0 Å². The van der Waals surface area contributed by atoms with Gasteiger partial charge >= 0.3 is 0 Å². The van der Waals surface area contributed by atoms with Crippen molar-refractivity contribution >= 4 is 60.8 Å². The average molecular weight is 769 g/mol. The molecule has 0 spiro atoms. The molecule has 1 aliphatic rings. The average Bonchev–Trinajstić information content (AvgIpc) is 3.93. The molecular formula is C57H40N2O. The third kappa shape index (κ3) is 5.09. The molecule has 3 nitrogen and oxygen atoms in total. The van der Waals surface area contributed by atoms with Crippen LogP contribution in [-0.2, 0) is 5.41 Å². The molecule has 0 unspecified atom stereocenters. The first-order valence-electron chi connectivity index (χ1n) is 20.8. The number of aromatic nitrogens is 1. The van der Waals surface area contributed by atoms with Gasteiger partial charge in [-0.05, 0) is 105 Å². The van der Waals surface area contributed by atoms with Gasteiger partial charge in [0.1, 0.15) is 5.58 Å². The Morgan fingerprint density at radius 2 is 1.05 bits per heavy atom. The summed E-state index contributed by atoms with van der Waals surface area (Å²) in [6.45, 7) is 4.75. The number of benzene rings is 9. The van der Waals surface area contributed by atoms with Crippen LogP contribution in [0.15, 0.2) is 211 Å². The molecule has 3 heteroatoms. The van der Waals surface area contributed by atoms with Crippen LogP contribution in [0.1, 0.15) is 25.0 Å². The lowest BCUT2D eigenvalue weighted by molar-refractivity contribution is 0.658. The van der Waals surface area contributed by atoms with E-state index < -0.39 is 0 Å². The highest BCUT2D eigenvalue weighted by Crippen LogP contribution is 2.58. The van der Waals surface area contributed by atoms with E-state index in [-0.39, 0.29) is 5.41 Å². The fraction of sp³-hybridized carbons (Fsp3) is 0.0526. The zero-order valence-corrected chi connectivity index (χ0v) is 33.4. The van der Waals surface area contributed by atoms with Crippen molar-refractivity contribution in [2.45, 2.75) is 19.3 Å². The molecule has 0 bridgehead atoms. The van der Waals surface area contributed by atoms with Gasteiger partial charge in [-0.3, -0.25) is 0 Å². The second-order valence-corrected chi connectivity index (χ2v) is 16.5. The number of rotatable bonds is 6. The summed E-state index contributed by atoms with van der Waals surface area (Å²) in [6, 6.07) is 74.4. The highest BCUT2D eigenvalue weighted by molar-refractivity contribution is 6.29. The van der Waals surface area contributed by atoms with Crippen LogP contribution in [0.4, 0.5) is 17.1 Å². The molecule has 2 aromatic heterocycles. The number of nitrogens with zero attached hydrogens (tertiary/aromatic N) is 2. The third-order valence-electron chi connectivity index (χ3n) is 12.7. The lowest BCUT2D eigenvalue weighted by Gasteiger charge is -2.26. The predicted octanol–water partition coefficient (Wildman–Crippen LogP) is 15.8. The van der Waals surface area contributed by atoms with Gasteiger partial charge < -0.3 is 13.9 Å². The number of anilines is 3. The molecule has 2 heterocycles. The van der Waals surface area contributed by atoms with Crippen LogP contribution in [0.2, 0.25) is 0 Å². The summed E-state index contributed by atoms with van der Waals surface area (Å²) in [5.41, 5.74) is 18.3. The Morgan fingerprint density at radius 3 is 1.80 bits per heavy atom. The Bertz CT molecular complexity index is 3430. The van der Waals surface area contributed by atoms with Crippen molar-refractivity contribution in [1.82, 2.24) is 4.57 Å². The van der Waals surface area contributed by atoms with Gasteiger partial charge in [-0.25, -0.2) is 0 Å². The van der Waals surface area contributed by atoms with E-state index in [1.807, 2.05) is 0 Å². The van der Waals surface area contributed by atoms with E-state index in [0.29, 0.717) is 0 Å². The highest BCUT2D eigenvalue weighted by atomic mass is 16.3. The fourth-order valence-corrected chi connectivity index (χ4v) is 10.0. The smallest absolute Gasteiger partial charge is 0.160 e. The minimum absolute atomic E-state index is 0.212. The van der Waals surface area contributed by atoms with Crippen LogP contribution < -0.4 is 4.90 Å². The number of para-hydroxylation sites is 2. The topological polar surface area (TPSA) is 21.3 Å². The van der Waals surface area contributed by atoms with Crippen molar-refractivity contribution in [3.05, 3.63) is 217 Å². The number of hydrogen-bond donors (Lipinski definition) is 0. The maximum Gasteiger partial charge on any atom is 0.160 e. The van der Waals surface area contributed by atoms with Crippen LogP contribution in [0.25, 0.3) is 82.8 Å². The monoisotopic (exact) mass is 768 g/mol. The lowest BCUT2D eigenvalue weighted by atomic mass is 9.80. The molecule has 284 valence electrons. The van der Waals surface area contributed by atoms with E-state index in [1.165, 1.54) is 60.7 Å². The SMILES string of the molecule is CC1(C)c2ccccc2-c2c1c1c3ccccc3oc1c1c2c2ccccc2n1-c1ccc(N(c2ccc(-c3ccccc3)cc2)c2cccc(-c3ccccc3)c2)cc1. The molecule has 0 atom stereocenters. The van der Waals surface area contributed by atoms with E-state index in [0.717, 1.165) is 50.3 Å². The molecule has 12 rings (SSSR count). The molecule has 1 aliphatic carbocycles. The van der Waals surface area contributed by atoms with Gasteiger partial charge in [0.2, 0.25) is 0 Å². The Kier molecular flexibility index (Phi) is 7.58. The van der Waals surface area contributed by atoms with Gasteiger partial charge in [-0.2, -0.15) is 0 Å². The van der Waals surface area contributed by atoms with Gasteiger partial charge in [0.15, 0.2) is 5.58 Å². The van der Waals surface area contributed by atoms with Crippen LogP contribution >= 0.6 is 0 Å². The first kappa shape index (κ1) is 34.4. The quantitative estimate of drug-likeness (QED) is 0.168. The van der Waals surface area contributed by atoms with Crippen molar-refractivity contribution in [2.75, 3.05) is 4.90 Å². The molecule has 9 aromatic carbocycles. The minimum Gasteiger partial charge on any atom is -0.454 e. The first-order valence-corrected chi connectivity index (χ1v) is 20.8. The predicted molar refractivity (Wildman–Crippen MR) is 251 cm³/mol. The second-order valence-electron chi connectivity index (χ2n) is 16.5. The number of hydrogen-bond acceptors (Lipinski definition) is 2.